The highest BCUT2D eigenvalue weighted by atomic mass is 16.3. The van der Waals surface area contributed by atoms with Gasteiger partial charge in [0.15, 0.2) is 0 Å². The van der Waals surface area contributed by atoms with E-state index in [4.69, 9.17) is 4.42 Å². The van der Waals surface area contributed by atoms with Crippen LogP contribution in [0.3, 0.4) is 0 Å². The van der Waals surface area contributed by atoms with Crippen molar-refractivity contribution >= 4 is 32.3 Å². The summed E-state index contributed by atoms with van der Waals surface area (Å²) in [5.74, 6) is 1.83. The van der Waals surface area contributed by atoms with E-state index in [0.717, 1.165) is 33.4 Å². The van der Waals surface area contributed by atoms with E-state index in [9.17, 15) is 0 Å². The van der Waals surface area contributed by atoms with Crippen LogP contribution in [0.1, 0.15) is 0 Å². The van der Waals surface area contributed by atoms with Gasteiger partial charge in [0.05, 0.1) is 0 Å². The SMILES string of the molecule is c1ccc(-c2ccccc2-c2oc(-c3cccc4ccc5ccccc5c34)c3ccccc23)cc1. The molecule has 7 rings (SSSR count). The molecule has 0 spiro atoms. The van der Waals surface area contributed by atoms with Crippen LogP contribution in [0.4, 0.5) is 0 Å². The minimum Gasteiger partial charge on any atom is -0.455 e. The number of fused-ring (bicyclic) bond motifs is 4. The van der Waals surface area contributed by atoms with Crippen LogP contribution in [0.15, 0.2) is 138 Å². The Morgan fingerprint density at radius 1 is 0.343 bits per heavy atom. The van der Waals surface area contributed by atoms with Gasteiger partial charge in [-0.15, -0.1) is 0 Å². The molecule has 0 saturated heterocycles. The van der Waals surface area contributed by atoms with Crippen molar-refractivity contribution in [2.24, 2.45) is 0 Å². The predicted molar refractivity (Wildman–Crippen MR) is 148 cm³/mol. The fourth-order valence-electron chi connectivity index (χ4n) is 5.29. The normalized spacial score (nSPS) is 11.4. The van der Waals surface area contributed by atoms with E-state index < -0.39 is 0 Å². The Kier molecular flexibility index (Phi) is 4.53. The van der Waals surface area contributed by atoms with Crippen LogP contribution in [0, 0.1) is 0 Å². The van der Waals surface area contributed by atoms with E-state index in [0.29, 0.717) is 0 Å². The molecule has 0 radical (unpaired) electrons. The summed E-state index contributed by atoms with van der Waals surface area (Å²) in [7, 11) is 0. The molecule has 6 aromatic carbocycles. The number of benzene rings is 6. The second-order valence-electron chi connectivity index (χ2n) is 8.91. The average Bonchev–Trinajstić information content (AvgIpc) is 3.32. The maximum Gasteiger partial charge on any atom is 0.143 e. The summed E-state index contributed by atoms with van der Waals surface area (Å²) >= 11 is 0. The molecule has 0 atom stereocenters. The maximum absolute atomic E-state index is 6.86. The van der Waals surface area contributed by atoms with Crippen LogP contribution in [0.5, 0.6) is 0 Å². The Bertz CT molecular complexity index is 1840. The third kappa shape index (κ3) is 3.17. The second-order valence-corrected chi connectivity index (χ2v) is 8.91. The van der Waals surface area contributed by atoms with Gasteiger partial charge in [0, 0.05) is 27.3 Å². The van der Waals surface area contributed by atoms with Crippen molar-refractivity contribution in [3.63, 3.8) is 0 Å². The Labute approximate surface area is 203 Å². The Morgan fingerprint density at radius 2 is 0.886 bits per heavy atom. The summed E-state index contributed by atoms with van der Waals surface area (Å²) in [6.07, 6.45) is 0. The van der Waals surface area contributed by atoms with Gasteiger partial charge in [-0.05, 0) is 27.3 Å². The van der Waals surface area contributed by atoms with E-state index in [1.54, 1.807) is 0 Å². The van der Waals surface area contributed by atoms with Crippen molar-refractivity contribution in [2.45, 2.75) is 0 Å². The quantitative estimate of drug-likeness (QED) is 0.246. The summed E-state index contributed by atoms with van der Waals surface area (Å²) in [6, 6.07) is 47.1. The topological polar surface area (TPSA) is 13.1 Å². The third-order valence-corrected chi connectivity index (χ3v) is 6.89. The number of hydrogen-bond acceptors (Lipinski definition) is 1. The lowest BCUT2D eigenvalue weighted by Gasteiger charge is -2.10. The van der Waals surface area contributed by atoms with Crippen LogP contribution < -0.4 is 0 Å². The highest BCUT2D eigenvalue weighted by Crippen LogP contribution is 2.44. The molecule has 0 N–H and O–H groups in total. The molecule has 1 nitrogen and oxygen atoms in total. The van der Waals surface area contributed by atoms with Gasteiger partial charge >= 0.3 is 0 Å². The first-order chi connectivity index (χ1) is 17.4. The Morgan fingerprint density at radius 3 is 1.69 bits per heavy atom. The number of furan rings is 1. The van der Waals surface area contributed by atoms with Crippen molar-refractivity contribution in [3.05, 3.63) is 133 Å². The molecule has 0 bridgehead atoms. The predicted octanol–water partition coefficient (Wildman–Crippen LogP) is 9.74. The van der Waals surface area contributed by atoms with E-state index in [-0.39, 0.29) is 0 Å². The molecular formula is C34H22O. The lowest BCUT2D eigenvalue weighted by atomic mass is 9.94. The first kappa shape index (κ1) is 19.8. The minimum atomic E-state index is 0.910. The zero-order valence-electron chi connectivity index (χ0n) is 19.1. The monoisotopic (exact) mass is 446 g/mol. The largest absolute Gasteiger partial charge is 0.455 e. The highest BCUT2D eigenvalue weighted by Gasteiger charge is 2.20. The summed E-state index contributed by atoms with van der Waals surface area (Å²) in [5.41, 5.74) is 4.58. The molecule has 1 heteroatoms. The number of rotatable bonds is 3. The van der Waals surface area contributed by atoms with Crippen LogP contribution in [0.2, 0.25) is 0 Å². The van der Waals surface area contributed by atoms with Gasteiger partial charge in [0.25, 0.3) is 0 Å². The van der Waals surface area contributed by atoms with Crippen molar-refractivity contribution in [3.8, 4) is 33.8 Å². The molecule has 7 aromatic rings. The van der Waals surface area contributed by atoms with E-state index in [2.05, 4.69) is 133 Å². The van der Waals surface area contributed by atoms with Gasteiger partial charge in [-0.25, -0.2) is 0 Å². The molecule has 0 aliphatic carbocycles. The van der Waals surface area contributed by atoms with Crippen molar-refractivity contribution in [1.29, 1.82) is 0 Å². The van der Waals surface area contributed by atoms with Gasteiger partial charge in [-0.2, -0.15) is 0 Å². The zero-order valence-corrected chi connectivity index (χ0v) is 19.1. The van der Waals surface area contributed by atoms with Gasteiger partial charge in [0.2, 0.25) is 0 Å². The molecule has 1 heterocycles. The molecule has 0 aliphatic rings. The lowest BCUT2D eigenvalue weighted by Crippen LogP contribution is -1.84. The smallest absolute Gasteiger partial charge is 0.143 e. The molecule has 0 unspecified atom stereocenters. The lowest BCUT2D eigenvalue weighted by molar-refractivity contribution is 0.603. The first-order valence-electron chi connectivity index (χ1n) is 12.0. The van der Waals surface area contributed by atoms with Crippen molar-refractivity contribution in [2.75, 3.05) is 0 Å². The van der Waals surface area contributed by atoms with E-state index >= 15 is 0 Å². The van der Waals surface area contributed by atoms with Gasteiger partial charge < -0.3 is 4.42 Å². The van der Waals surface area contributed by atoms with E-state index in [1.165, 1.54) is 32.7 Å². The minimum absolute atomic E-state index is 0.910. The standard InChI is InChI=1S/C34H22O/c1-2-11-23(12-3-1)26-15-6-7-17-28(26)33-29-18-8-9-19-30(29)34(35-33)31-20-10-14-25-22-21-24-13-4-5-16-27(24)32(25)31/h1-22H. The van der Waals surface area contributed by atoms with Gasteiger partial charge in [0.1, 0.15) is 11.5 Å². The van der Waals surface area contributed by atoms with Crippen LogP contribution in [0.25, 0.3) is 66.1 Å². The van der Waals surface area contributed by atoms with Crippen LogP contribution >= 0.6 is 0 Å². The van der Waals surface area contributed by atoms with Gasteiger partial charge in [-0.3, -0.25) is 0 Å². The average molecular weight is 447 g/mol. The molecule has 0 fully saturated rings. The molecule has 1 aromatic heterocycles. The van der Waals surface area contributed by atoms with Crippen molar-refractivity contribution in [1.82, 2.24) is 0 Å². The van der Waals surface area contributed by atoms with Crippen LogP contribution in [-0.4, -0.2) is 0 Å². The fraction of sp³-hybridized carbons (Fsp3) is 0. The molecule has 0 saturated carbocycles. The summed E-state index contributed by atoms with van der Waals surface area (Å²) in [6.45, 7) is 0. The van der Waals surface area contributed by atoms with E-state index in [1.807, 2.05) is 0 Å². The Hall–Kier alpha value is -4.62. The molecule has 164 valence electrons. The zero-order chi connectivity index (χ0) is 23.2. The Balaban J connectivity index is 1.55. The van der Waals surface area contributed by atoms with Gasteiger partial charge in [-0.1, -0.05) is 133 Å². The molecule has 0 amide bonds. The highest BCUT2D eigenvalue weighted by molar-refractivity contribution is 6.17. The third-order valence-electron chi connectivity index (χ3n) is 6.89. The fourth-order valence-corrected chi connectivity index (χ4v) is 5.29. The molecular weight excluding hydrogens is 424 g/mol. The summed E-state index contributed by atoms with van der Waals surface area (Å²) in [5, 5.41) is 7.18. The number of hydrogen-bond donors (Lipinski definition) is 0. The van der Waals surface area contributed by atoms with Crippen molar-refractivity contribution < 1.29 is 4.42 Å². The molecule has 0 aliphatic heterocycles. The van der Waals surface area contributed by atoms with Crippen LogP contribution in [-0.2, 0) is 0 Å². The summed E-state index contributed by atoms with van der Waals surface area (Å²) in [4.78, 5) is 0. The maximum atomic E-state index is 6.86. The first-order valence-corrected chi connectivity index (χ1v) is 12.0. The second kappa shape index (κ2) is 8.00. The summed E-state index contributed by atoms with van der Waals surface area (Å²) < 4.78 is 6.86. The molecule has 35 heavy (non-hydrogen) atoms.